The summed E-state index contributed by atoms with van der Waals surface area (Å²) in [6.07, 6.45) is 2.81. The molecule has 0 radical (unpaired) electrons. The molecule has 18 heavy (non-hydrogen) atoms. The molecular formula is C13H16F2O2S. The van der Waals surface area contributed by atoms with Gasteiger partial charge in [-0.05, 0) is 24.6 Å². The molecule has 0 aliphatic rings. The molecule has 0 bridgehead atoms. The lowest BCUT2D eigenvalue weighted by Gasteiger charge is -2.02. The fourth-order valence-electron chi connectivity index (χ4n) is 1.48. The molecule has 100 valence electrons. The molecule has 0 saturated carbocycles. The number of carbonyl (C=O) groups is 1. The molecule has 0 aliphatic carbocycles. The van der Waals surface area contributed by atoms with E-state index in [4.69, 9.17) is 0 Å². The summed E-state index contributed by atoms with van der Waals surface area (Å²) in [6, 6.07) is 2.97. The van der Waals surface area contributed by atoms with E-state index < -0.39 is 28.2 Å². The van der Waals surface area contributed by atoms with Gasteiger partial charge in [0.15, 0.2) is 17.4 Å². The lowest BCUT2D eigenvalue weighted by molar-refractivity contribution is 0.102. The molecule has 1 unspecified atom stereocenters. The highest BCUT2D eigenvalue weighted by Gasteiger charge is 2.12. The Bertz CT molecular complexity index is 447. The Balaban J connectivity index is 2.54. The van der Waals surface area contributed by atoms with Gasteiger partial charge in [0, 0.05) is 22.1 Å². The van der Waals surface area contributed by atoms with E-state index in [1.54, 1.807) is 0 Å². The Morgan fingerprint density at radius 2 is 1.94 bits per heavy atom. The first-order valence-corrected chi connectivity index (χ1v) is 7.36. The molecule has 0 fully saturated rings. The monoisotopic (exact) mass is 274 g/mol. The molecule has 1 atom stereocenters. The Morgan fingerprint density at radius 3 is 2.56 bits per heavy atom. The van der Waals surface area contributed by atoms with Crippen molar-refractivity contribution in [2.45, 2.75) is 26.2 Å². The van der Waals surface area contributed by atoms with Crippen molar-refractivity contribution in [3.63, 3.8) is 0 Å². The van der Waals surface area contributed by atoms with Gasteiger partial charge in [0.1, 0.15) is 0 Å². The number of benzene rings is 1. The zero-order valence-electron chi connectivity index (χ0n) is 10.2. The van der Waals surface area contributed by atoms with E-state index in [1.165, 1.54) is 6.07 Å². The first-order chi connectivity index (χ1) is 8.54. The van der Waals surface area contributed by atoms with Crippen LogP contribution in [-0.4, -0.2) is 21.5 Å². The van der Waals surface area contributed by atoms with Crippen LogP contribution in [0.15, 0.2) is 18.2 Å². The minimum atomic E-state index is -1.23. The molecule has 0 saturated heterocycles. The van der Waals surface area contributed by atoms with E-state index in [2.05, 4.69) is 0 Å². The van der Waals surface area contributed by atoms with Crippen LogP contribution in [0.4, 0.5) is 8.78 Å². The fourth-order valence-corrected chi connectivity index (χ4v) is 2.61. The summed E-state index contributed by atoms with van der Waals surface area (Å²) in [7, 11) is -1.23. The van der Waals surface area contributed by atoms with Crippen LogP contribution in [0.2, 0.25) is 0 Å². The largest absolute Gasteiger partial charge is 0.293 e. The lowest BCUT2D eigenvalue weighted by atomic mass is 10.1. The van der Waals surface area contributed by atoms with Crippen LogP contribution < -0.4 is 0 Å². The number of rotatable bonds is 7. The normalized spacial score (nSPS) is 12.4. The summed E-state index contributed by atoms with van der Waals surface area (Å²) in [5, 5.41) is 0. The molecule has 0 aromatic heterocycles. The van der Waals surface area contributed by atoms with Gasteiger partial charge in [-0.1, -0.05) is 19.8 Å². The second kappa shape index (κ2) is 7.36. The van der Waals surface area contributed by atoms with Crippen molar-refractivity contribution in [2.24, 2.45) is 0 Å². The molecular weight excluding hydrogens is 258 g/mol. The molecule has 0 N–H and O–H groups in total. The molecule has 1 rings (SSSR count). The maximum atomic E-state index is 12.9. The Labute approximate surface area is 108 Å². The third kappa shape index (κ3) is 4.64. The Kier molecular flexibility index (Phi) is 6.12. The molecule has 1 aromatic rings. The lowest BCUT2D eigenvalue weighted by Crippen LogP contribution is -2.13. The van der Waals surface area contributed by atoms with Crippen molar-refractivity contribution in [1.82, 2.24) is 0 Å². The second-order valence-corrected chi connectivity index (χ2v) is 5.62. The highest BCUT2D eigenvalue weighted by atomic mass is 32.2. The van der Waals surface area contributed by atoms with Gasteiger partial charge in [-0.2, -0.15) is 0 Å². The van der Waals surface area contributed by atoms with Crippen molar-refractivity contribution in [3.8, 4) is 0 Å². The van der Waals surface area contributed by atoms with Gasteiger partial charge in [0.05, 0.1) is 5.75 Å². The predicted molar refractivity (Wildman–Crippen MR) is 68.1 cm³/mol. The van der Waals surface area contributed by atoms with Gasteiger partial charge in [-0.3, -0.25) is 9.00 Å². The Hall–Kier alpha value is -1.10. The standard InChI is InChI=1S/C13H16F2O2S/c1-2-3-4-7-18(17)9-13(16)10-5-6-11(14)12(15)8-10/h5-6,8H,2-4,7,9H2,1H3. The van der Waals surface area contributed by atoms with Crippen molar-refractivity contribution >= 4 is 16.6 Å². The number of hydrogen-bond acceptors (Lipinski definition) is 2. The fraction of sp³-hybridized carbons (Fsp3) is 0.462. The van der Waals surface area contributed by atoms with E-state index in [0.717, 1.165) is 31.4 Å². The van der Waals surface area contributed by atoms with Gasteiger partial charge in [0.2, 0.25) is 0 Å². The summed E-state index contributed by atoms with van der Waals surface area (Å²) in [5.74, 6) is -2.12. The van der Waals surface area contributed by atoms with Crippen LogP contribution in [-0.2, 0) is 10.8 Å². The SMILES string of the molecule is CCCCCS(=O)CC(=O)c1ccc(F)c(F)c1. The van der Waals surface area contributed by atoms with Crippen LogP contribution in [0.3, 0.4) is 0 Å². The maximum Gasteiger partial charge on any atom is 0.175 e. The predicted octanol–water partition coefficient (Wildman–Crippen LogP) is 3.09. The zero-order chi connectivity index (χ0) is 13.5. The minimum absolute atomic E-state index is 0.0674. The van der Waals surface area contributed by atoms with Crippen molar-refractivity contribution in [1.29, 1.82) is 0 Å². The smallest absolute Gasteiger partial charge is 0.175 e. The zero-order valence-corrected chi connectivity index (χ0v) is 11.1. The van der Waals surface area contributed by atoms with Gasteiger partial charge in [-0.15, -0.1) is 0 Å². The molecule has 0 aliphatic heterocycles. The number of Topliss-reactive ketones (excluding diaryl/α,β-unsaturated/α-hetero) is 1. The number of halogens is 2. The van der Waals surface area contributed by atoms with Crippen LogP contribution in [0.5, 0.6) is 0 Å². The third-order valence-electron chi connectivity index (χ3n) is 2.51. The average molecular weight is 274 g/mol. The van der Waals surface area contributed by atoms with E-state index in [-0.39, 0.29) is 11.3 Å². The summed E-state index contributed by atoms with van der Waals surface area (Å²) in [5.41, 5.74) is 0.0674. The molecule has 1 aromatic carbocycles. The highest BCUT2D eigenvalue weighted by Crippen LogP contribution is 2.10. The van der Waals surface area contributed by atoms with Crippen LogP contribution >= 0.6 is 0 Å². The summed E-state index contributed by atoms with van der Waals surface area (Å²) < 4.78 is 37.2. The number of unbranched alkanes of at least 4 members (excludes halogenated alkanes) is 2. The van der Waals surface area contributed by atoms with Crippen molar-refractivity contribution in [3.05, 3.63) is 35.4 Å². The van der Waals surface area contributed by atoms with Crippen LogP contribution in [0, 0.1) is 11.6 Å². The average Bonchev–Trinajstić information content (AvgIpc) is 2.33. The van der Waals surface area contributed by atoms with Gasteiger partial charge in [-0.25, -0.2) is 8.78 Å². The molecule has 0 heterocycles. The van der Waals surface area contributed by atoms with E-state index in [9.17, 15) is 17.8 Å². The first kappa shape index (κ1) is 15.0. The third-order valence-corrected chi connectivity index (χ3v) is 3.84. The van der Waals surface area contributed by atoms with Crippen molar-refractivity contribution in [2.75, 3.05) is 11.5 Å². The first-order valence-electron chi connectivity index (χ1n) is 5.87. The summed E-state index contributed by atoms with van der Waals surface area (Å²) >= 11 is 0. The molecule has 2 nitrogen and oxygen atoms in total. The van der Waals surface area contributed by atoms with Crippen LogP contribution in [0.1, 0.15) is 36.5 Å². The Morgan fingerprint density at radius 1 is 1.22 bits per heavy atom. The van der Waals surface area contributed by atoms with E-state index in [0.29, 0.717) is 5.75 Å². The quantitative estimate of drug-likeness (QED) is 0.565. The minimum Gasteiger partial charge on any atom is -0.293 e. The second-order valence-electron chi connectivity index (χ2n) is 4.05. The van der Waals surface area contributed by atoms with E-state index >= 15 is 0 Å². The van der Waals surface area contributed by atoms with Gasteiger partial charge in [0.25, 0.3) is 0 Å². The van der Waals surface area contributed by atoms with Gasteiger partial charge >= 0.3 is 0 Å². The number of hydrogen-bond donors (Lipinski definition) is 0. The number of ketones is 1. The summed E-state index contributed by atoms with van der Waals surface area (Å²) in [6.45, 7) is 2.04. The molecule has 5 heteroatoms. The highest BCUT2D eigenvalue weighted by molar-refractivity contribution is 7.85. The number of carbonyl (C=O) groups excluding carboxylic acids is 1. The van der Waals surface area contributed by atoms with E-state index in [1.807, 2.05) is 6.92 Å². The van der Waals surface area contributed by atoms with Crippen molar-refractivity contribution < 1.29 is 17.8 Å². The molecule has 0 spiro atoms. The molecule has 0 amide bonds. The summed E-state index contributed by atoms with van der Waals surface area (Å²) in [4.78, 5) is 11.7. The topological polar surface area (TPSA) is 34.1 Å². The van der Waals surface area contributed by atoms with Gasteiger partial charge < -0.3 is 0 Å². The maximum absolute atomic E-state index is 12.9. The van der Waals surface area contributed by atoms with Crippen LogP contribution in [0.25, 0.3) is 0 Å².